The van der Waals surface area contributed by atoms with E-state index in [2.05, 4.69) is 19.2 Å². The monoisotopic (exact) mass is 267 g/mol. The molecule has 1 rings (SSSR count). The highest BCUT2D eigenvalue weighted by Gasteiger charge is 2.06. The topological polar surface area (TPSA) is 50.7 Å². The van der Waals surface area contributed by atoms with Crippen LogP contribution in [0.4, 0.5) is 0 Å². The van der Waals surface area contributed by atoms with Crippen molar-refractivity contribution < 1.29 is 14.6 Å². The molecule has 0 aliphatic carbocycles. The van der Waals surface area contributed by atoms with E-state index in [9.17, 15) is 0 Å². The molecule has 4 heteroatoms. The average Bonchev–Trinajstić information content (AvgIpc) is 2.39. The Balaban J connectivity index is 2.69. The average molecular weight is 267 g/mol. The highest BCUT2D eigenvalue weighted by molar-refractivity contribution is 5.43. The summed E-state index contributed by atoms with van der Waals surface area (Å²) in [5, 5.41) is 12.1. The van der Waals surface area contributed by atoms with Gasteiger partial charge in [0.2, 0.25) is 0 Å². The molecule has 2 N–H and O–H groups in total. The lowest BCUT2D eigenvalue weighted by Crippen LogP contribution is -2.21. The summed E-state index contributed by atoms with van der Waals surface area (Å²) in [5.41, 5.74) is 1.17. The molecule has 0 unspecified atom stereocenters. The molecule has 0 fully saturated rings. The van der Waals surface area contributed by atoms with Crippen molar-refractivity contribution in [3.63, 3.8) is 0 Å². The quantitative estimate of drug-likeness (QED) is 0.674. The van der Waals surface area contributed by atoms with E-state index in [1.807, 2.05) is 25.1 Å². The minimum Gasteiger partial charge on any atom is -0.490 e. The van der Waals surface area contributed by atoms with E-state index in [0.717, 1.165) is 18.0 Å². The molecule has 0 aliphatic heterocycles. The van der Waals surface area contributed by atoms with Gasteiger partial charge in [0, 0.05) is 25.6 Å². The zero-order valence-corrected chi connectivity index (χ0v) is 12.1. The fourth-order valence-corrected chi connectivity index (χ4v) is 1.62. The summed E-state index contributed by atoms with van der Waals surface area (Å²) in [6.07, 6.45) is 0.627. The first-order chi connectivity index (χ1) is 9.17. The fraction of sp³-hybridized carbons (Fsp3) is 0.600. The molecule has 0 heterocycles. The Bertz CT molecular complexity index is 366. The number of aliphatic hydroxyl groups excluding tert-OH is 1. The van der Waals surface area contributed by atoms with Crippen LogP contribution in [0, 0.1) is 0 Å². The lowest BCUT2D eigenvalue weighted by atomic mass is 10.2. The Labute approximate surface area is 115 Å². The number of benzene rings is 1. The van der Waals surface area contributed by atoms with Gasteiger partial charge in [0.15, 0.2) is 11.5 Å². The van der Waals surface area contributed by atoms with Crippen molar-refractivity contribution >= 4 is 0 Å². The number of ether oxygens (including phenoxy) is 2. The molecular weight excluding hydrogens is 242 g/mol. The van der Waals surface area contributed by atoms with Crippen LogP contribution in [0.25, 0.3) is 0 Å². The first-order valence-electron chi connectivity index (χ1n) is 6.90. The van der Waals surface area contributed by atoms with Gasteiger partial charge in [-0.05, 0) is 24.6 Å². The molecule has 4 nitrogen and oxygen atoms in total. The van der Waals surface area contributed by atoms with E-state index in [1.54, 1.807) is 0 Å². The normalized spacial score (nSPS) is 10.8. The van der Waals surface area contributed by atoms with Gasteiger partial charge in [-0.3, -0.25) is 0 Å². The molecule has 0 atom stereocenters. The second-order valence-corrected chi connectivity index (χ2v) is 4.68. The predicted molar refractivity (Wildman–Crippen MR) is 76.8 cm³/mol. The molecule has 108 valence electrons. The largest absolute Gasteiger partial charge is 0.490 e. The number of nitrogens with one attached hydrogen (secondary N) is 1. The Kier molecular flexibility index (Phi) is 7.30. The smallest absolute Gasteiger partial charge is 0.161 e. The second kappa shape index (κ2) is 8.77. The molecule has 0 saturated heterocycles. The van der Waals surface area contributed by atoms with Gasteiger partial charge in [0.1, 0.15) is 0 Å². The molecule has 19 heavy (non-hydrogen) atoms. The van der Waals surface area contributed by atoms with Crippen LogP contribution < -0.4 is 14.8 Å². The summed E-state index contributed by atoms with van der Waals surface area (Å²) in [6, 6.07) is 6.43. The Morgan fingerprint density at radius 3 is 2.63 bits per heavy atom. The van der Waals surface area contributed by atoms with Crippen LogP contribution in [0.5, 0.6) is 11.5 Å². The second-order valence-electron chi connectivity index (χ2n) is 4.68. The van der Waals surface area contributed by atoms with Gasteiger partial charge in [0.05, 0.1) is 13.2 Å². The van der Waals surface area contributed by atoms with E-state index < -0.39 is 0 Å². The van der Waals surface area contributed by atoms with E-state index in [4.69, 9.17) is 14.6 Å². The van der Waals surface area contributed by atoms with E-state index >= 15 is 0 Å². The minimum atomic E-state index is 0.139. The number of aliphatic hydroxyl groups is 1. The fourth-order valence-electron chi connectivity index (χ4n) is 1.62. The molecule has 0 aliphatic rings. The Morgan fingerprint density at radius 1 is 1.21 bits per heavy atom. The molecule has 0 saturated carbocycles. The third kappa shape index (κ3) is 5.94. The van der Waals surface area contributed by atoms with Crippen molar-refractivity contribution in [2.45, 2.75) is 39.8 Å². The maximum Gasteiger partial charge on any atom is 0.161 e. The molecule has 1 aromatic carbocycles. The van der Waals surface area contributed by atoms with Crippen molar-refractivity contribution in [1.29, 1.82) is 0 Å². The van der Waals surface area contributed by atoms with Gasteiger partial charge in [-0.1, -0.05) is 19.9 Å². The summed E-state index contributed by atoms with van der Waals surface area (Å²) in [5.74, 6) is 1.51. The highest BCUT2D eigenvalue weighted by atomic mass is 16.5. The SMILES string of the molecule is CCOc1cc(CNC(C)C)ccc1OCCCO. The third-order valence-corrected chi connectivity index (χ3v) is 2.58. The van der Waals surface area contributed by atoms with Crippen LogP contribution in [0.1, 0.15) is 32.8 Å². The van der Waals surface area contributed by atoms with Gasteiger partial charge in [-0.2, -0.15) is 0 Å². The van der Waals surface area contributed by atoms with Crippen LogP contribution in [0.3, 0.4) is 0 Å². The minimum absolute atomic E-state index is 0.139. The van der Waals surface area contributed by atoms with Crippen LogP contribution in [0.15, 0.2) is 18.2 Å². The van der Waals surface area contributed by atoms with E-state index in [1.165, 1.54) is 5.56 Å². The summed E-state index contributed by atoms with van der Waals surface area (Å²) >= 11 is 0. The van der Waals surface area contributed by atoms with Crippen LogP contribution >= 0.6 is 0 Å². The zero-order valence-electron chi connectivity index (χ0n) is 12.1. The number of hydrogen-bond donors (Lipinski definition) is 2. The first-order valence-corrected chi connectivity index (χ1v) is 6.90. The van der Waals surface area contributed by atoms with Crippen LogP contribution in [-0.2, 0) is 6.54 Å². The van der Waals surface area contributed by atoms with Crippen LogP contribution in [0.2, 0.25) is 0 Å². The molecule has 0 radical (unpaired) electrons. The molecular formula is C15H25NO3. The van der Waals surface area contributed by atoms with Crippen molar-refractivity contribution in [1.82, 2.24) is 5.32 Å². The van der Waals surface area contributed by atoms with E-state index in [-0.39, 0.29) is 6.61 Å². The predicted octanol–water partition coefficient (Wildman–Crippen LogP) is 2.34. The molecule has 0 aromatic heterocycles. The summed E-state index contributed by atoms with van der Waals surface area (Å²) in [7, 11) is 0. The number of hydrogen-bond acceptors (Lipinski definition) is 4. The van der Waals surface area contributed by atoms with Crippen molar-refractivity contribution in [2.75, 3.05) is 19.8 Å². The molecule has 0 spiro atoms. The van der Waals surface area contributed by atoms with Gasteiger partial charge < -0.3 is 19.9 Å². The highest BCUT2D eigenvalue weighted by Crippen LogP contribution is 2.28. The van der Waals surface area contributed by atoms with E-state index in [0.29, 0.717) is 25.7 Å². The van der Waals surface area contributed by atoms with Gasteiger partial charge in [-0.25, -0.2) is 0 Å². The van der Waals surface area contributed by atoms with Crippen molar-refractivity contribution in [2.24, 2.45) is 0 Å². The molecule has 0 amide bonds. The standard InChI is InChI=1S/C15H25NO3/c1-4-18-15-10-13(11-16-12(2)3)6-7-14(15)19-9-5-8-17/h6-7,10,12,16-17H,4-5,8-9,11H2,1-3H3. The van der Waals surface area contributed by atoms with Crippen molar-refractivity contribution in [3.8, 4) is 11.5 Å². The summed E-state index contributed by atoms with van der Waals surface area (Å²) < 4.78 is 11.2. The van der Waals surface area contributed by atoms with Crippen molar-refractivity contribution in [3.05, 3.63) is 23.8 Å². The van der Waals surface area contributed by atoms with Gasteiger partial charge in [-0.15, -0.1) is 0 Å². The molecule has 1 aromatic rings. The summed E-state index contributed by atoms with van der Waals surface area (Å²) in [4.78, 5) is 0. The maximum absolute atomic E-state index is 8.76. The third-order valence-electron chi connectivity index (χ3n) is 2.58. The maximum atomic E-state index is 8.76. The molecule has 0 bridgehead atoms. The first kappa shape index (κ1) is 15.8. The lowest BCUT2D eigenvalue weighted by molar-refractivity contribution is 0.225. The lowest BCUT2D eigenvalue weighted by Gasteiger charge is -2.14. The van der Waals surface area contributed by atoms with Gasteiger partial charge >= 0.3 is 0 Å². The Morgan fingerprint density at radius 2 is 2.00 bits per heavy atom. The summed E-state index contributed by atoms with van der Waals surface area (Å²) in [6.45, 7) is 8.26. The zero-order chi connectivity index (χ0) is 14.1. The van der Waals surface area contributed by atoms with Gasteiger partial charge in [0.25, 0.3) is 0 Å². The van der Waals surface area contributed by atoms with Crippen LogP contribution in [-0.4, -0.2) is 31.0 Å². The Hall–Kier alpha value is -1.26. The number of rotatable bonds is 9.